The number of benzene rings is 2. The van der Waals surface area contributed by atoms with E-state index in [-0.39, 0.29) is 19.0 Å². The molecule has 0 radical (unpaired) electrons. The van der Waals surface area contributed by atoms with E-state index in [1.165, 1.54) is 6.07 Å². The maximum absolute atomic E-state index is 12.0. The standard InChI is InChI=1S/C20H20Cl2N4O2/c1-20(2,12-23)14-4-6-15(7-5-14)26-19(28)25-10-9-24-18(27)13-3-8-16(21)17(22)11-13/h3-8,11H,9-10H2,1-2H3,(H,24,27)(H2,25,26,28). The van der Waals surface area contributed by atoms with E-state index in [4.69, 9.17) is 28.5 Å². The highest BCUT2D eigenvalue weighted by atomic mass is 35.5. The van der Waals surface area contributed by atoms with E-state index in [0.29, 0.717) is 21.3 Å². The SMILES string of the molecule is CC(C)(C#N)c1ccc(NC(=O)NCCNC(=O)c2ccc(Cl)c(Cl)c2)cc1. The fraction of sp³-hybridized carbons (Fsp3) is 0.250. The van der Waals surface area contributed by atoms with E-state index < -0.39 is 11.4 Å². The first kappa shape index (κ1) is 21.5. The zero-order valence-corrected chi connectivity index (χ0v) is 17.0. The van der Waals surface area contributed by atoms with Crippen LogP contribution in [0, 0.1) is 11.3 Å². The Morgan fingerprint density at radius 3 is 2.25 bits per heavy atom. The number of hydrogen-bond donors (Lipinski definition) is 3. The third-order valence-electron chi connectivity index (χ3n) is 4.02. The lowest BCUT2D eigenvalue weighted by atomic mass is 9.86. The molecule has 8 heteroatoms. The summed E-state index contributed by atoms with van der Waals surface area (Å²) >= 11 is 11.7. The zero-order chi connectivity index (χ0) is 20.7. The summed E-state index contributed by atoms with van der Waals surface area (Å²) in [7, 11) is 0. The molecule has 0 bridgehead atoms. The summed E-state index contributed by atoms with van der Waals surface area (Å²) < 4.78 is 0. The Balaban J connectivity index is 1.76. The van der Waals surface area contributed by atoms with E-state index >= 15 is 0 Å². The Hall–Kier alpha value is -2.75. The molecule has 0 aliphatic rings. The van der Waals surface area contributed by atoms with E-state index in [1.807, 2.05) is 13.8 Å². The first-order valence-electron chi connectivity index (χ1n) is 8.53. The van der Waals surface area contributed by atoms with Crippen LogP contribution in [0.15, 0.2) is 42.5 Å². The van der Waals surface area contributed by atoms with Gasteiger partial charge in [0, 0.05) is 24.3 Å². The fourth-order valence-electron chi connectivity index (χ4n) is 2.30. The summed E-state index contributed by atoms with van der Waals surface area (Å²) in [6.45, 7) is 4.16. The molecule has 0 aromatic heterocycles. The minimum absolute atomic E-state index is 0.248. The van der Waals surface area contributed by atoms with Gasteiger partial charge in [0.1, 0.15) is 0 Å². The van der Waals surface area contributed by atoms with Gasteiger partial charge in [-0.2, -0.15) is 5.26 Å². The van der Waals surface area contributed by atoms with Crippen molar-refractivity contribution < 1.29 is 9.59 Å². The molecule has 146 valence electrons. The van der Waals surface area contributed by atoms with Crippen LogP contribution in [-0.4, -0.2) is 25.0 Å². The molecular weight excluding hydrogens is 399 g/mol. The number of halogens is 2. The van der Waals surface area contributed by atoms with Gasteiger partial charge < -0.3 is 16.0 Å². The largest absolute Gasteiger partial charge is 0.350 e. The lowest BCUT2D eigenvalue weighted by Gasteiger charge is -2.16. The monoisotopic (exact) mass is 418 g/mol. The zero-order valence-electron chi connectivity index (χ0n) is 15.5. The van der Waals surface area contributed by atoms with Crippen molar-refractivity contribution in [1.82, 2.24) is 10.6 Å². The molecule has 0 unspecified atom stereocenters. The number of carbonyl (C=O) groups excluding carboxylic acids is 2. The van der Waals surface area contributed by atoms with Crippen LogP contribution in [-0.2, 0) is 5.41 Å². The summed E-state index contributed by atoms with van der Waals surface area (Å²) in [6.07, 6.45) is 0. The molecule has 0 aliphatic heterocycles. The molecule has 0 heterocycles. The molecule has 2 aromatic carbocycles. The highest BCUT2D eigenvalue weighted by Gasteiger charge is 2.19. The van der Waals surface area contributed by atoms with E-state index in [2.05, 4.69) is 22.0 Å². The van der Waals surface area contributed by atoms with Crippen molar-refractivity contribution in [2.24, 2.45) is 0 Å². The van der Waals surface area contributed by atoms with Gasteiger partial charge in [-0.25, -0.2) is 4.79 Å². The Morgan fingerprint density at radius 1 is 1.00 bits per heavy atom. The smallest absolute Gasteiger partial charge is 0.319 e. The Kier molecular flexibility index (Phi) is 7.27. The van der Waals surface area contributed by atoms with Gasteiger partial charge in [-0.3, -0.25) is 4.79 Å². The van der Waals surface area contributed by atoms with Crippen LogP contribution in [0.4, 0.5) is 10.5 Å². The molecule has 3 amide bonds. The average Bonchev–Trinajstić information content (AvgIpc) is 2.67. The average molecular weight is 419 g/mol. The number of amides is 3. The number of carbonyl (C=O) groups is 2. The van der Waals surface area contributed by atoms with Gasteiger partial charge in [0.05, 0.1) is 21.5 Å². The van der Waals surface area contributed by atoms with Crippen LogP contribution in [0.5, 0.6) is 0 Å². The fourth-order valence-corrected chi connectivity index (χ4v) is 2.60. The quantitative estimate of drug-likeness (QED) is 0.608. The highest BCUT2D eigenvalue weighted by Crippen LogP contribution is 2.24. The van der Waals surface area contributed by atoms with Crippen LogP contribution in [0.3, 0.4) is 0 Å². The third-order valence-corrected chi connectivity index (χ3v) is 4.76. The number of rotatable bonds is 6. The molecule has 2 rings (SSSR count). The van der Waals surface area contributed by atoms with Gasteiger partial charge >= 0.3 is 6.03 Å². The summed E-state index contributed by atoms with van der Waals surface area (Å²) in [5, 5.41) is 17.9. The summed E-state index contributed by atoms with van der Waals surface area (Å²) in [5.74, 6) is -0.309. The van der Waals surface area contributed by atoms with Gasteiger partial charge in [0.25, 0.3) is 5.91 Å². The molecule has 3 N–H and O–H groups in total. The molecule has 2 aromatic rings. The second-order valence-electron chi connectivity index (χ2n) is 6.58. The second-order valence-corrected chi connectivity index (χ2v) is 7.39. The normalized spacial score (nSPS) is 10.7. The van der Waals surface area contributed by atoms with Crippen molar-refractivity contribution >= 4 is 40.8 Å². The van der Waals surface area contributed by atoms with Crippen molar-refractivity contribution in [1.29, 1.82) is 5.26 Å². The molecule has 0 atom stereocenters. The van der Waals surface area contributed by atoms with Crippen molar-refractivity contribution in [3.63, 3.8) is 0 Å². The number of nitrogens with one attached hydrogen (secondary N) is 3. The van der Waals surface area contributed by atoms with Crippen LogP contribution in [0.1, 0.15) is 29.8 Å². The number of nitriles is 1. The van der Waals surface area contributed by atoms with E-state index in [9.17, 15) is 9.59 Å². The summed E-state index contributed by atoms with van der Waals surface area (Å²) in [6, 6.07) is 13.5. The van der Waals surface area contributed by atoms with Crippen molar-refractivity contribution in [2.45, 2.75) is 19.3 Å². The molecule has 0 fully saturated rings. The van der Waals surface area contributed by atoms with Gasteiger partial charge in [-0.15, -0.1) is 0 Å². The molecule has 6 nitrogen and oxygen atoms in total. The second kappa shape index (κ2) is 9.45. The molecule has 0 aliphatic carbocycles. The number of urea groups is 1. The predicted octanol–water partition coefficient (Wildman–Crippen LogP) is 4.35. The van der Waals surface area contributed by atoms with Crippen molar-refractivity contribution in [3.8, 4) is 6.07 Å². The van der Waals surface area contributed by atoms with Gasteiger partial charge in [-0.1, -0.05) is 35.3 Å². The van der Waals surface area contributed by atoms with Gasteiger partial charge in [-0.05, 0) is 49.7 Å². The van der Waals surface area contributed by atoms with Crippen molar-refractivity contribution in [2.75, 3.05) is 18.4 Å². The molecule has 0 saturated heterocycles. The number of nitrogens with zero attached hydrogens (tertiary/aromatic N) is 1. The number of hydrogen-bond acceptors (Lipinski definition) is 3. The maximum Gasteiger partial charge on any atom is 0.319 e. The van der Waals surface area contributed by atoms with E-state index in [0.717, 1.165) is 5.56 Å². The Morgan fingerprint density at radius 2 is 1.64 bits per heavy atom. The summed E-state index contributed by atoms with van der Waals surface area (Å²) in [5.41, 5.74) is 1.27. The molecule has 0 spiro atoms. The van der Waals surface area contributed by atoms with Crippen LogP contribution < -0.4 is 16.0 Å². The first-order valence-corrected chi connectivity index (χ1v) is 9.28. The third kappa shape index (κ3) is 5.88. The van der Waals surface area contributed by atoms with Crippen LogP contribution in [0.25, 0.3) is 0 Å². The lowest BCUT2D eigenvalue weighted by molar-refractivity contribution is 0.0954. The van der Waals surface area contributed by atoms with Gasteiger partial charge in [0.15, 0.2) is 0 Å². The minimum Gasteiger partial charge on any atom is -0.350 e. The molecule has 0 saturated carbocycles. The Bertz CT molecular complexity index is 905. The Labute approximate surface area is 173 Å². The topological polar surface area (TPSA) is 94.0 Å². The lowest BCUT2D eigenvalue weighted by Crippen LogP contribution is -2.36. The maximum atomic E-state index is 12.0. The number of anilines is 1. The molecular formula is C20H20Cl2N4O2. The summed E-state index contributed by atoms with van der Waals surface area (Å²) in [4.78, 5) is 23.9. The molecule has 28 heavy (non-hydrogen) atoms. The van der Waals surface area contributed by atoms with Crippen LogP contribution in [0.2, 0.25) is 10.0 Å². The van der Waals surface area contributed by atoms with Crippen molar-refractivity contribution in [3.05, 3.63) is 63.6 Å². The predicted molar refractivity (Wildman–Crippen MR) is 111 cm³/mol. The van der Waals surface area contributed by atoms with E-state index in [1.54, 1.807) is 36.4 Å². The highest BCUT2D eigenvalue weighted by molar-refractivity contribution is 6.42. The minimum atomic E-state index is -0.590. The van der Waals surface area contributed by atoms with Crippen LogP contribution >= 0.6 is 23.2 Å². The van der Waals surface area contributed by atoms with Gasteiger partial charge in [0.2, 0.25) is 0 Å². The first-order chi connectivity index (χ1) is 13.2.